The Hall–Kier alpha value is -1.49. The predicted octanol–water partition coefficient (Wildman–Crippen LogP) is -2.50. The monoisotopic (exact) mass is 396 g/mol. The summed E-state index contributed by atoms with van der Waals surface area (Å²) in [4.78, 5) is 16.4. The van der Waals surface area contributed by atoms with Crippen LogP contribution in [0, 0.1) is 0 Å². The van der Waals surface area contributed by atoms with Gasteiger partial charge in [0.2, 0.25) is 6.29 Å². The fourth-order valence-electron chi connectivity index (χ4n) is 3.48. The molecule has 1 fully saturated rings. The third-order valence-electron chi connectivity index (χ3n) is 4.90. The maximum atomic E-state index is 11.1. The molecule has 4 rings (SSSR count). The van der Waals surface area contributed by atoms with Gasteiger partial charge in [-0.1, -0.05) is 30.3 Å². The van der Waals surface area contributed by atoms with Crippen LogP contribution in [0.4, 0.5) is 5.69 Å². The zero-order chi connectivity index (χ0) is 19.1. The predicted molar refractivity (Wildman–Crippen MR) is 93.7 cm³/mol. The third kappa shape index (κ3) is 3.83. The quantitative estimate of drug-likeness (QED) is 0.242. The first kappa shape index (κ1) is 21.2. The van der Waals surface area contributed by atoms with Crippen LogP contribution < -0.4 is 35.0 Å². The van der Waals surface area contributed by atoms with E-state index in [2.05, 4.69) is 17.6 Å². The Kier molecular flexibility index (Phi) is 6.43. The molecule has 0 unspecified atom stereocenters. The van der Waals surface area contributed by atoms with E-state index in [4.69, 9.17) is 14.7 Å². The van der Waals surface area contributed by atoms with Crippen molar-refractivity contribution >= 4 is 11.7 Å². The average molecular weight is 396 g/mol. The Morgan fingerprint density at radius 2 is 1.71 bits per heavy atom. The Balaban J connectivity index is 0.00000225. The molecular formula is C19H19NNaO7+. The van der Waals surface area contributed by atoms with Gasteiger partial charge in [0.15, 0.2) is 6.10 Å². The first-order valence-electron chi connectivity index (χ1n) is 8.51. The van der Waals surface area contributed by atoms with Crippen molar-refractivity contribution in [2.45, 2.75) is 37.1 Å². The van der Waals surface area contributed by atoms with E-state index in [1.54, 1.807) is 6.07 Å². The van der Waals surface area contributed by atoms with Crippen molar-refractivity contribution in [3.05, 3.63) is 53.6 Å². The molecular weight excluding hydrogens is 377 g/mol. The molecule has 0 spiro atoms. The van der Waals surface area contributed by atoms with Gasteiger partial charge in [-0.3, -0.25) is 5.48 Å². The van der Waals surface area contributed by atoms with Crippen molar-refractivity contribution in [2.75, 3.05) is 5.48 Å². The minimum Gasteiger partial charge on any atom is -0.479 e. The summed E-state index contributed by atoms with van der Waals surface area (Å²) in [7, 11) is 0. The van der Waals surface area contributed by atoms with Gasteiger partial charge >= 0.3 is 35.5 Å². The second kappa shape index (κ2) is 8.48. The first-order valence-corrected chi connectivity index (χ1v) is 8.51. The van der Waals surface area contributed by atoms with Gasteiger partial charge in [-0.15, -0.1) is 0 Å². The molecule has 0 saturated carbocycles. The van der Waals surface area contributed by atoms with Crippen molar-refractivity contribution in [3.63, 3.8) is 0 Å². The summed E-state index contributed by atoms with van der Waals surface area (Å²) in [5.41, 5.74) is 7.87. The molecule has 9 heteroatoms. The molecule has 2 aromatic carbocycles. The maximum absolute atomic E-state index is 11.1. The Labute approximate surface area is 183 Å². The number of carboxylic acid groups (broad SMARTS) is 1. The minimum absolute atomic E-state index is 0. The van der Waals surface area contributed by atoms with E-state index in [0.29, 0.717) is 5.69 Å². The van der Waals surface area contributed by atoms with Crippen molar-refractivity contribution in [2.24, 2.45) is 0 Å². The number of rotatable bonds is 4. The standard InChI is InChI=1S/C19H19NO7.Na/c21-14-15(22)17(18(24)25)26-19(16(14)23)27-20-11-5-6-13-10(8-11)7-9-3-1-2-4-12(9)13;/h1-6,8,14-17,19-23H,7H2,(H,24,25);/q;+1/t14-,15-,16+,17-,19-;/m0./s1. The Morgan fingerprint density at radius 1 is 1.00 bits per heavy atom. The van der Waals surface area contributed by atoms with Gasteiger partial charge < -0.3 is 25.2 Å². The van der Waals surface area contributed by atoms with Crippen LogP contribution in [0.25, 0.3) is 11.1 Å². The summed E-state index contributed by atoms with van der Waals surface area (Å²) < 4.78 is 5.06. The number of fused-ring (bicyclic) bond motifs is 3. The number of hydrogen-bond donors (Lipinski definition) is 5. The van der Waals surface area contributed by atoms with Crippen LogP contribution >= 0.6 is 0 Å². The van der Waals surface area contributed by atoms with Gasteiger partial charge in [0.1, 0.15) is 18.3 Å². The van der Waals surface area contributed by atoms with E-state index in [1.165, 1.54) is 11.1 Å². The topological polar surface area (TPSA) is 128 Å². The van der Waals surface area contributed by atoms with E-state index in [9.17, 15) is 20.1 Å². The average Bonchev–Trinajstić information content (AvgIpc) is 3.03. The number of aliphatic carboxylic acids is 1. The van der Waals surface area contributed by atoms with Crippen molar-refractivity contribution in [1.82, 2.24) is 0 Å². The fraction of sp³-hybridized carbons (Fsp3) is 0.316. The van der Waals surface area contributed by atoms with Crippen LogP contribution in [0.3, 0.4) is 0 Å². The molecule has 0 radical (unpaired) electrons. The van der Waals surface area contributed by atoms with Gasteiger partial charge in [-0.25, -0.2) is 9.63 Å². The normalized spacial score (nSPS) is 28.0. The van der Waals surface area contributed by atoms with E-state index in [-0.39, 0.29) is 29.6 Å². The van der Waals surface area contributed by atoms with Crippen molar-refractivity contribution in [1.29, 1.82) is 0 Å². The maximum Gasteiger partial charge on any atom is 1.00 e. The second-order valence-corrected chi connectivity index (χ2v) is 6.66. The summed E-state index contributed by atoms with van der Waals surface area (Å²) in [6.45, 7) is 0. The molecule has 28 heavy (non-hydrogen) atoms. The molecule has 5 atom stereocenters. The number of ether oxygens (including phenoxy) is 1. The number of benzene rings is 2. The van der Waals surface area contributed by atoms with E-state index < -0.39 is 36.7 Å². The van der Waals surface area contributed by atoms with E-state index in [0.717, 1.165) is 17.5 Å². The van der Waals surface area contributed by atoms with Crippen molar-refractivity contribution in [3.8, 4) is 11.1 Å². The summed E-state index contributed by atoms with van der Waals surface area (Å²) >= 11 is 0. The SMILES string of the molecule is O=C(O)[C@H]1O[C@@H](ONc2ccc3c(c2)Cc2ccccc2-3)[C@H](O)[C@@H](O)[C@@H]1O.[Na+]. The minimum atomic E-state index is -1.75. The molecule has 142 valence electrons. The Morgan fingerprint density at radius 3 is 2.46 bits per heavy atom. The number of aliphatic hydroxyl groups is 3. The molecule has 1 heterocycles. The van der Waals surface area contributed by atoms with Crippen LogP contribution in [0.5, 0.6) is 0 Å². The zero-order valence-electron chi connectivity index (χ0n) is 15.1. The van der Waals surface area contributed by atoms with Crippen LogP contribution in [0.1, 0.15) is 11.1 Å². The number of carbonyl (C=O) groups is 1. The molecule has 2 aliphatic rings. The summed E-state index contributed by atoms with van der Waals surface area (Å²) in [6.07, 6.45) is -7.45. The molecule has 1 saturated heterocycles. The molecule has 5 N–H and O–H groups in total. The molecule has 0 bridgehead atoms. The fourth-order valence-corrected chi connectivity index (χ4v) is 3.48. The van der Waals surface area contributed by atoms with Gasteiger partial charge in [0.25, 0.3) is 0 Å². The second-order valence-electron chi connectivity index (χ2n) is 6.66. The summed E-state index contributed by atoms with van der Waals surface area (Å²) in [5, 5.41) is 38.5. The third-order valence-corrected chi connectivity index (χ3v) is 4.90. The van der Waals surface area contributed by atoms with Crippen LogP contribution in [-0.4, -0.2) is 57.1 Å². The molecule has 1 aliphatic carbocycles. The molecule has 2 aromatic rings. The van der Waals surface area contributed by atoms with Crippen molar-refractivity contribution < 1.29 is 64.4 Å². The van der Waals surface area contributed by atoms with Gasteiger partial charge in [-0.05, 0) is 40.8 Å². The largest absolute Gasteiger partial charge is 1.00 e. The number of aliphatic hydroxyl groups excluding tert-OH is 3. The molecule has 0 aromatic heterocycles. The number of nitrogens with one attached hydrogen (secondary N) is 1. The smallest absolute Gasteiger partial charge is 0.479 e. The molecule has 8 nitrogen and oxygen atoms in total. The first-order chi connectivity index (χ1) is 13.0. The van der Waals surface area contributed by atoms with Gasteiger partial charge in [-0.2, -0.15) is 0 Å². The van der Waals surface area contributed by atoms with Crippen LogP contribution in [0.2, 0.25) is 0 Å². The van der Waals surface area contributed by atoms with Gasteiger partial charge in [0.05, 0.1) is 5.69 Å². The number of hydrogen-bond acceptors (Lipinski definition) is 7. The zero-order valence-corrected chi connectivity index (χ0v) is 17.1. The van der Waals surface area contributed by atoms with Crippen LogP contribution in [-0.2, 0) is 20.8 Å². The van der Waals surface area contributed by atoms with E-state index in [1.807, 2.05) is 24.3 Å². The number of anilines is 1. The van der Waals surface area contributed by atoms with E-state index >= 15 is 0 Å². The van der Waals surface area contributed by atoms with Crippen LogP contribution in [0.15, 0.2) is 42.5 Å². The summed E-state index contributed by atoms with van der Waals surface area (Å²) in [5.74, 6) is -1.46. The summed E-state index contributed by atoms with van der Waals surface area (Å²) in [6, 6.07) is 13.8. The van der Waals surface area contributed by atoms with Gasteiger partial charge in [0, 0.05) is 0 Å². The molecule has 1 aliphatic heterocycles. The molecule has 0 amide bonds. The number of carboxylic acids is 1. The Bertz CT molecular complexity index is 877.